The van der Waals surface area contributed by atoms with Gasteiger partial charge in [0.15, 0.2) is 6.61 Å². The highest BCUT2D eigenvalue weighted by Gasteiger charge is 2.21. The van der Waals surface area contributed by atoms with E-state index in [-0.39, 0.29) is 18.4 Å². The first-order valence-corrected chi connectivity index (χ1v) is 5.21. The number of benzene rings is 1. The van der Waals surface area contributed by atoms with E-state index in [9.17, 15) is 9.59 Å². The van der Waals surface area contributed by atoms with Crippen LogP contribution in [-0.2, 0) is 9.59 Å². The van der Waals surface area contributed by atoms with E-state index in [2.05, 4.69) is 5.32 Å². The van der Waals surface area contributed by atoms with Gasteiger partial charge in [-0.3, -0.25) is 4.79 Å². The largest absolute Gasteiger partial charge is 0.481 e. The van der Waals surface area contributed by atoms with Gasteiger partial charge in [-0.2, -0.15) is 0 Å². The summed E-state index contributed by atoms with van der Waals surface area (Å²) in [5, 5.41) is 2.74. The molecule has 1 amide bonds. The van der Waals surface area contributed by atoms with Crippen LogP contribution >= 0.6 is 0 Å². The summed E-state index contributed by atoms with van der Waals surface area (Å²) in [6.45, 7) is 2.00. The molecule has 2 rings (SSSR count). The van der Waals surface area contributed by atoms with Gasteiger partial charge in [0.2, 0.25) is 0 Å². The summed E-state index contributed by atoms with van der Waals surface area (Å²) in [6.07, 6.45) is 1.35. The Morgan fingerprint density at radius 2 is 2.38 bits per heavy atom. The molecule has 1 atom stereocenters. The predicted octanol–water partition coefficient (Wildman–Crippen LogP) is 1.71. The molecule has 1 aliphatic heterocycles. The average molecular weight is 219 g/mol. The average Bonchev–Trinajstić information content (AvgIpc) is 2.28. The van der Waals surface area contributed by atoms with Crippen molar-refractivity contribution in [1.82, 2.24) is 0 Å². The number of carbonyl (C=O) groups excluding carboxylic acids is 2. The topological polar surface area (TPSA) is 55.4 Å². The fourth-order valence-electron chi connectivity index (χ4n) is 1.80. The van der Waals surface area contributed by atoms with Crippen molar-refractivity contribution in [3.8, 4) is 5.75 Å². The van der Waals surface area contributed by atoms with Gasteiger partial charge in [0.25, 0.3) is 5.91 Å². The molecule has 1 heterocycles. The summed E-state index contributed by atoms with van der Waals surface area (Å²) < 4.78 is 5.41. The number of amides is 1. The lowest BCUT2D eigenvalue weighted by Crippen LogP contribution is -2.26. The lowest BCUT2D eigenvalue weighted by molar-refractivity contribution is -0.118. The van der Waals surface area contributed by atoms with E-state index in [1.165, 1.54) is 0 Å². The van der Waals surface area contributed by atoms with E-state index >= 15 is 0 Å². The van der Waals surface area contributed by atoms with Gasteiger partial charge in [-0.25, -0.2) is 0 Å². The molecule has 1 unspecified atom stereocenters. The van der Waals surface area contributed by atoms with Crippen LogP contribution in [-0.4, -0.2) is 18.8 Å². The Balaban J connectivity index is 2.36. The van der Waals surface area contributed by atoms with Gasteiger partial charge in [0, 0.05) is 6.42 Å². The fraction of sp³-hybridized carbons (Fsp3) is 0.333. The second kappa shape index (κ2) is 4.35. The first kappa shape index (κ1) is 10.7. The Morgan fingerprint density at radius 1 is 1.56 bits per heavy atom. The molecule has 4 heteroatoms. The highest BCUT2D eigenvalue weighted by atomic mass is 16.5. The minimum atomic E-state index is -0.146. The fourth-order valence-corrected chi connectivity index (χ4v) is 1.80. The van der Waals surface area contributed by atoms with Gasteiger partial charge in [-0.05, 0) is 17.5 Å². The van der Waals surface area contributed by atoms with Gasteiger partial charge in [0.1, 0.15) is 12.0 Å². The number of rotatable bonds is 3. The van der Waals surface area contributed by atoms with E-state index in [0.717, 1.165) is 11.8 Å². The SMILES string of the molecule is CC(CC=O)c1cccc2c1OCC(=O)N2. The van der Waals surface area contributed by atoms with Crippen molar-refractivity contribution in [3.63, 3.8) is 0 Å². The third-order valence-corrected chi connectivity index (χ3v) is 2.65. The minimum Gasteiger partial charge on any atom is -0.481 e. The number of anilines is 1. The zero-order valence-corrected chi connectivity index (χ0v) is 9.03. The van der Waals surface area contributed by atoms with E-state index < -0.39 is 0 Å². The Hall–Kier alpha value is -1.84. The third-order valence-electron chi connectivity index (χ3n) is 2.65. The van der Waals surface area contributed by atoms with E-state index in [0.29, 0.717) is 17.9 Å². The molecule has 0 saturated heterocycles. The summed E-state index contributed by atoms with van der Waals surface area (Å²) in [5.41, 5.74) is 1.65. The van der Waals surface area contributed by atoms with Gasteiger partial charge in [-0.1, -0.05) is 19.1 Å². The zero-order valence-electron chi connectivity index (χ0n) is 9.03. The molecule has 0 aromatic heterocycles. The second-order valence-electron chi connectivity index (χ2n) is 3.86. The summed E-state index contributed by atoms with van der Waals surface area (Å²) in [7, 11) is 0. The summed E-state index contributed by atoms with van der Waals surface area (Å²) >= 11 is 0. The maximum Gasteiger partial charge on any atom is 0.262 e. The Kier molecular flexibility index (Phi) is 2.90. The van der Waals surface area contributed by atoms with Crippen LogP contribution in [0.25, 0.3) is 0 Å². The van der Waals surface area contributed by atoms with Crippen LogP contribution in [0.4, 0.5) is 5.69 Å². The van der Waals surface area contributed by atoms with Crippen molar-refractivity contribution < 1.29 is 14.3 Å². The molecule has 0 spiro atoms. The lowest BCUT2D eigenvalue weighted by Gasteiger charge is -2.22. The molecule has 4 nitrogen and oxygen atoms in total. The van der Waals surface area contributed by atoms with Crippen molar-refractivity contribution in [1.29, 1.82) is 0 Å². The first-order valence-electron chi connectivity index (χ1n) is 5.21. The lowest BCUT2D eigenvalue weighted by atomic mass is 9.96. The molecule has 84 valence electrons. The number of hydrogen-bond acceptors (Lipinski definition) is 3. The highest BCUT2D eigenvalue weighted by molar-refractivity contribution is 5.95. The number of aldehydes is 1. The molecule has 1 aromatic rings. The third kappa shape index (κ3) is 1.91. The van der Waals surface area contributed by atoms with E-state index in [4.69, 9.17) is 4.74 Å². The molecule has 1 N–H and O–H groups in total. The van der Waals surface area contributed by atoms with Gasteiger partial charge < -0.3 is 14.8 Å². The normalized spacial score (nSPS) is 15.7. The monoisotopic (exact) mass is 219 g/mol. The van der Waals surface area contributed by atoms with E-state index in [1.54, 1.807) is 6.07 Å². The molecular weight excluding hydrogens is 206 g/mol. The molecule has 0 fully saturated rings. The Labute approximate surface area is 93.6 Å². The van der Waals surface area contributed by atoms with Crippen LogP contribution in [0.2, 0.25) is 0 Å². The smallest absolute Gasteiger partial charge is 0.262 e. The summed E-state index contributed by atoms with van der Waals surface area (Å²) in [5.74, 6) is 0.645. The number of nitrogens with one attached hydrogen (secondary N) is 1. The van der Waals surface area contributed by atoms with Gasteiger partial charge in [0.05, 0.1) is 5.69 Å². The number of fused-ring (bicyclic) bond motifs is 1. The van der Waals surface area contributed by atoms with Crippen molar-refractivity contribution in [2.75, 3.05) is 11.9 Å². The quantitative estimate of drug-likeness (QED) is 0.787. The summed E-state index contributed by atoms with van der Waals surface area (Å²) in [4.78, 5) is 21.6. The van der Waals surface area contributed by atoms with Crippen molar-refractivity contribution >= 4 is 17.9 Å². The van der Waals surface area contributed by atoms with Crippen LogP contribution in [0, 0.1) is 0 Å². The van der Waals surface area contributed by atoms with Crippen molar-refractivity contribution in [3.05, 3.63) is 23.8 Å². The Morgan fingerprint density at radius 3 is 3.12 bits per heavy atom. The predicted molar refractivity (Wildman–Crippen MR) is 59.7 cm³/mol. The summed E-state index contributed by atoms with van der Waals surface area (Å²) in [6, 6.07) is 5.57. The first-order chi connectivity index (χ1) is 7.72. The minimum absolute atomic E-state index is 0.0395. The zero-order chi connectivity index (χ0) is 11.5. The molecule has 0 bridgehead atoms. The standard InChI is InChI=1S/C12H13NO3/c1-8(5-6-14)9-3-2-4-10-12(9)16-7-11(15)13-10/h2-4,6,8H,5,7H2,1H3,(H,13,15). The van der Waals surface area contributed by atoms with Gasteiger partial charge >= 0.3 is 0 Å². The molecular formula is C12H13NO3. The Bertz CT molecular complexity index is 428. The van der Waals surface area contributed by atoms with Crippen LogP contribution in [0.3, 0.4) is 0 Å². The van der Waals surface area contributed by atoms with Crippen molar-refractivity contribution in [2.45, 2.75) is 19.3 Å². The number of hydrogen-bond donors (Lipinski definition) is 1. The molecule has 0 saturated carbocycles. The second-order valence-corrected chi connectivity index (χ2v) is 3.86. The molecule has 1 aromatic carbocycles. The number of ether oxygens (including phenoxy) is 1. The molecule has 0 aliphatic carbocycles. The number of carbonyl (C=O) groups is 2. The van der Waals surface area contributed by atoms with Gasteiger partial charge in [-0.15, -0.1) is 0 Å². The molecule has 16 heavy (non-hydrogen) atoms. The molecule has 1 aliphatic rings. The maximum absolute atomic E-state index is 11.1. The van der Waals surface area contributed by atoms with E-state index in [1.807, 2.05) is 19.1 Å². The maximum atomic E-state index is 11.1. The van der Waals surface area contributed by atoms with Crippen LogP contribution < -0.4 is 10.1 Å². The van der Waals surface area contributed by atoms with Crippen molar-refractivity contribution in [2.24, 2.45) is 0 Å². The van der Waals surface area contributed by atoms with Crippen LogP contribution in [0.15, 0.2) is 18.2 Å². The van der Waals surface area contributed by atoms with Crippen LogP contribution in [0.1, 0.15) is 24.8 Å². The number of para-hydroxylation sites is 1. The molecule has 0 radical (unpaired) electrons. The van der Waals surface area contributed by atoms with Crippen LogP contribution in [0.5, 0.6) is 5.75 Å². The highest BCUT2D eigenvalue weighted by Crippen LogP contribution is 2.36.